The molecule has 74 valence electrons. The standard InChI is InChI=1S/C9H4BrF3O/c10-7-4-6(9(11,12)13)3-5-1-2-14-8(5)7/h1-4H. The van der Waals surface area contributed by atoms with Crippen molar-refractivity contribution < 1.29 is 17.6 Å². The Balaban J connectivity index is 2.70. The fraction of sp³-hybridized carbons (Fsp3) is 0.111. The van der Waals surface area contributed by atoms with Gasteiger partial charge in [-0.3, -0.25) is 0 Å². The zero-order chi connectivity index (χ0) is 10.3. The van der Waals surface area contributed by atoms with E-state index < -0.39 is 11.7 Å². The third-order valence-corrected chi connectivity index (χ3v) is 2.42. The van der Waals surface area contributed by atoms with Gasteiger partial charge >= 0.3 is 6.18 Å². The molecular weight excluding hydrogens is 261 g/mol. The van der Waals surface area contributed by atoms with Crippen LogP contribution < -0.4 is 0 Å². The molecule has 0 N–H and O–H groups in total. The molecule has 0 radical (unpaired) electrons. The average Bonchev–Trinajstić information content (AvgIpc) is 2.50. The molecule has 1 aromatic carbocycles. The highest BCUT2D eigenvalue weighted by molar-refractivity contribution is 9.10. The summed E-state index contributed by atoms with van der Waals surface area (Å²) in [6.45, 7) is 0. The molecule has 1 heterocycles. The van der Waals surface area contributed by atoms with Crippen LogP contribution in [0.1, 0.15) is 5.56 Å². The van der Waals surface area contributed by atoms with E-state index >= 15 is 0 Å². The molecule has 0 saturated heterocycles. The second-order valence-electron chi connectivity index (χ2n) is 2.79. The van der Waals surface area contributed by atoms with E-state index in [1.807, 2.05) is 0 Å². The van der Waals surface area contributed by atoms with Crippen LogP contribution in [0.4, 0.5) is 13.2 Å². The highest BCUT2D eigenvalue weighted by atomic mass is 79.9. The van der Waals surface area contributed by atoms with Gasteiger partial charge < -0.3 is 4.42 Å². The van der Waals surface area contributed by atoms with Crippen molar-refractivity contribution in [3.63, 3.8) is 0 Å². The van der Waals surface area contributed by atoms with Crippen molar-refractivity contribution in [1.29, 1.82) is 0 Å². The normalized spacial score (nSPS) is 12.3. The first-order valence-corrected chi connectivity index (χ1v) is 4.52. The fourth-order valence-corrected chi connectivity index (χ4v) is 1.77. The summed E-state index contributed by atoms with van der Waals surface area (Å²) in [6, 6.07) is 3.56. The van der Waals surface area contributed by atoms with Gasteiger partial charge in [0.1, 0.15) is 5.58 Å². The zero-order valence-corrected chi connectivity index (χ0v) is 8.32. The predicted octanol–water partition coefficient (Wildman–Crippen LogP) is 4.21. The second kappa shape index (κ2) is 3.02. The Morgan fingerprint density at radius 3 is 2.57 bits per heavy atom. The number of rotatable bonds is 0. The van der Waals surface area contributed by atoms with Crippen molar-refractivity contribution >= 4 is 26.9 Å². The molecule has 0 saturated carbocycles. The summed E-state index contributed by atoms with van der Waals surface area (Å²) >= 11 is 3.03. The lowest BCUT2D eigenvalue weighted by molar-refractivity contribution is -0.137. The molecule has 0 bridgehead atoms. The van der Waals surface area contributed by atoms with E-state index in [-0.39, 0.29) is 0 Å². The van der Waals surface area contributed by atoms with Crippen LogP contribution in [0.2, 0.25) is 0 Å². The van der Waals surface area contributed by atoms with Gasteiger partial charge in [0.15, 0.2) is 0 Å². The minimum Gasteiger partial charge on any atom is -0.463 e. The van der Waals surface area contributed by atoms with Gasteiger partial charge in [0.25, 0.3) is 0 Å². The van der Waals surface area contributed by atoms with Gasteiger partial charge in [0, 0.05) is 5.39 Å². The van der Waals surface area contributed by atoms with Crippen LogP contribution in [0.5, 0.6) is 0 Å². The Morgan fingerprint density at radius 2 is 1.93 bits per heavy atom. The number of benzene rings is 1. The van der Waals surface area contributed by atoms with Gasteiger partial charge in [-0.15, -0.1) is 0 Å². The molecule has 0 fully saturated rings. The highest BCUT2D eigenvalue weighted by Gasteiger charge is 2.31. The van der Waals surface area contributed by atoms with Crippen LogP contribution in [0.25, 0.3) is 11.0 Å². The largest absolute Gasteiger partial charge is 0.463 e. The van der Waals surface area contributed by atoms with E-state index in [0.717, 1.165) is 12.1 Å². The molecule has 2 aromatic rings. The molecule has 1 aromatic heterocycles. The summed E-state index contributed by atoms with van der Waals surface area (Å²) in [4.78, 5) is 0. The topological polar surface area (TPSA) is 13.1 Å². The Morgan fingerprint density at radius 1 is 1.21 bits per heavy atom. The summed E-state index contributed by atoms with van der Waals surface area (Å²) in [7, 11) is 0. The fourth-order valence-electron chi connectivity index (χ4n) is 1.20. The van der Waals surface area contributed by atoms with Crippen molar-refractivity contribution in [3.05, 3.63) is 34.5 Å². The molecule has 0 unspecified atom stereocenters. The molecule has 2 rings (SSSR count). The minimum atomic E-state index is -4.33. The Bertz CT molecular complexity index is 472. The number of hydrogen-bond acceptors (Lipinski definition) is 1. The van der Waals surface area contributed by atoms with Crippen LogP contribution in [0, 0.1) is 0 Å². The number of hydrogen-bond donors (Lipinski definition) is 0. The lowest BCUT2D eigenvalue weighted by Gasteiger charge is -2.06. The molecule has 14 heavy (non-hydrogen) atoms. The van der Waals surface area contributed by atoms with E-state index in [0.29, 0.717) is 15.4 Å². The van der Waals surface area contributed by atoms with Crippen LogP contribution in [-0.2, 0) is 6.18 Å². The average molecular weight is 265 g/mol. The zero-order valence-electron chi connectivity index (χ0n) is 6.73. The summed E-state index contributed by atoms with van der Waals surface area (Å²) in [6.07, 6.45) is -2.97. The molecular formula is C9H4BrF3O. The van der Waals surface area contributed by atoms with Gasteiger partial charge in [-0.05, 0) is 34.1 Å². The molecule has 0 atom stereocenters. The quantitative estimate of drug-likeness (QED) is 0.695. The number of alkyl halides is 3. The van der Waals surface area contributed by atoms with Gasteiger partial charge in [0.2, 0.25) is 0 Å². The third-order valence-electron chi connectivity index (χ3n) is 1.83. The van der Waals surface area contributed by atoms with Crippen molar-refractivity contribution in [2.75, 3.05) is 0 Å². The Kier molecular flexibility index (Phi) is 2.06. The Labute approximate surface area is 85.6 Å². The number of fused-ring (bicyclic) bond motifs is 1. The molecule has 0 aliphatic carbocycles. The first kappa shape index (κ1) is 9.58. The van der Waals surface area contributed by atoms with E-state index in [2.05, 4.69) is 15.9 Å². The lowest BCUT2D eigenvalue weighted by atomic mass is 10.1. The van der Waals surface area contributed by atoms with E-state index in [4.69, 9.17) is 4.42 Å². The smallest absolute Gasteiger partial charge is 0.416 e. The first-order chi connectivity index (χ1) is 6.48. The second-order valence-corrected chi connectivity index (χ2v) is 3.65. The summed E-state index contributed by atoms with van der Waals surface area (Å²) in [5.74, 6) is 0. The minimum absolute atomic E-state index is 0.312. The highest BCUT2D eigenvalue weighted by Crippen LogP contribution is 2.35. The summed E-state index contributed by atoms with van der Waals surface area (Å²) < 4.78 is 42.4. The maximum absolute atomic E-state index is 12.4. The van der Waals surface area contributed by atoms with Gasteiger partial charge in [0.05, 0.1) is 16.3 Å². The van der Waals surface area contributed by atoms with Crippen molar-refractivity contribution in [2.45, 2.75) is 6.18 Å². The molecule has 5 heteroatoms. The van der Waals surface area contributed by atoms with E-state index in [1.165, 1.54) is 12.3 Å². The van der Waals surface area contributed by atoms with Crippen LogP contribution in [-0.4, -0.2) is 0 Å². The number of furan rings is 1. The third kappa shape index (κ3) is 1.52. The summed E-state index contributed by atoms with van der Waals surface area (Å²) in [5.41, 5.74) is -0.253. The molecule has 0 spiro atoms. The van der Waals surface area contributed by atoms with Gasteiger partial charge in [-0.2, -0.15) is 13.2 Å². The van der Waals surface area contributed by atoms with Crippen molar-refractivity contribution in [3.8, 4) is 0 Å². The molecule has 0 aliphatic rings. The summed E-state index contributed by atoms with van der Waals surface area (Å²) in [5, 5.41) is 0.437. The van der Waals surface area contributed by atoms with Crippen molar-refractivity contribution in [1.82, 2.24) is 0 Å². The van der Waals surface area contributed by atoms with Crippen LogP contribution in [0.15, 0.2) is 33.4 Å². The van der Waals surface area contributed by atoms with Crippen LogP contribution in [0.3, 0.4) is 0 Å². The van der Waals surface area contributed by atoms with Crippen molar-refractivity contribution in [2.24, 2.45) is 0 Å². The SMILES string of the molecule is FC(F)(F)c1cc(Br)c2occc2c1. The Hall–Kier alpha value is -0.970. The molecule has 1 nitrogen and oxygen atoms in total. The maximum Gasteiger partial charge on any atom is 0.416 e. The van der Waals surface area contributed by atoms with E-state index in [1.54, 1.807) is 0 Å². The van der Waals surface area contributed by atoms with Gasteiger partial charge in [-0.25, -0.2) is 0 Å². The van der Waals surface area contributed by atoms with Gasteiger partial charge in [-0.1, -0.05) is 0 Å². The first-order valence-electron chi connectivity index (χ1n) is 3.72. The maximum atomic E-state index is 12.4. The van der Waals surface area contributed by atoms with Crippen LogP contribution >= 0.6 is 15.9 Å². The van der Waals surface area contributed by atoms with E-state index in [9.17, 15) is 13.2 Å². The molecule has 0 aliphatic heterocycles. The molecule has 0 amide bonds. The number of halogens is 4. The lowest BCUT2D eigenvalue weighted by Crippen LogP contribution is -2.04. The monoisotopic (exact) mass is 264 g/mol. The predicted molar refractivity (Wildman–Crippen MR) is 48.9 cm³/mol.